The topological polar surface area (TPSA) is 59.6 Å². The molecule has 0 bridgehead atoms. The highest BCUT2D eigenvalue weighted by atomic mass is 35.5. The van der Waals surface area contributed by atoms with Gasteiger partial charge in [0.15, 0.2) is 5.96 Å². The molecule has 120 valence electrons. The van der Waals surface area contributed by atoms with Crippen LogP contribution in [0.1, 0.15) is 31.4 Å². The summed E-state index contributed by atoms with van der Waals surface area (Å²) in [6.07, 6.45) is 4.03. The van der Waals surface area contributed by atoms with E-state index in [4.69, 9.17) is 33.7 Å². The van der Waals surface area contributed by atoms with Gasteiger partial charge in [-0.05, 0) is 37.5 Å². The molecule has 0 aromatic heterocycles. The van der Waals surface area contributed by atoms with Gasteiger partial charge in [-0.25, -0.2) is 0 Å². The van der Waals surface area contributed by atoms with Gasteiger partial charge < -0.3 is 15.8 Å². The summed E-state index contributed by atoms with van der Waals surface area (Å²) in [5.41, 5.74) is 8.26. The number of ether oxygens (including phenoxy) is 1. The highest BCUT2D eigenvalue weighted by molar-refractivity contribution is 6.35. The molecular formula is C16H21Cl2N3O. The first-order valence-electron chi connectivity index (χ1n) is 7.33. The molecule has 3 N–H and O–H groups in total. The molecule has 0 saturated heterocycles. The first-order chi connectivity index (χ1) is 10.6. The summed E-state index contributed by atoms with van der Waals surface area (Å²) >= 11 is 12.1. The molecule has 0 fully saturated rings. The van der Waals surface area contributed by atoms with Crippen LogP contribution in [0.4, 0.5) is 0 Å². The lowest BCUT2D eigenvalue weighted by Crippen LogP contribution is -2.34. The Labute approximate surface area is 141 Å². The minimum absolute atomic E-state index is 0.0317. The first-order valence-corrected chi connectivity index (χ1v) is 8.09. The Bertz CT molecular complexity index is 573. The zero-order chi connectivity index (χ0) is 15.9. The van der Waals surface area contributed by atoms with Crippen molar-refractivity contribution in [1.29, 1.82) is 0 Å². The predicted molar refractivity (Wildman–Crippen MR) is 92.6 cm³/mol. The Morgan fingerprint density at radius 1 is 1.45 bits per heavy atom. The Hall–Kier alpha value is -1.23. The molecule has 1 atom stereocenters. The van der Waals surface area contributed by atoms with Crippen LogP contribution in [0.3, 0.4) is 0 Å². The fourth-order valence-electron chi connectivity index (χ4n) is 2.31. The van der Waals surface area contributed by atoms with Crippen LogP contribution >= 0.6 is 23.2 Å². The van der Waals surface area contributed by atoms with E-state index in [1.54, 1.807) is 6.07 Å². The van der Waals surface area contributed by atoms with E-state index in [-0.39, 0.29) is 6.04 Å². The van der Waals surface area contributed by atoms with E-state index in [1.807, 2.05) is 19.1 Å². The summed E-state index contributed by atoms with van der Waals surface area (Å²) in [5, 5.41) is 4.39. The molecular weight excluding hydrogens is 321 g/mol. The molecule has 0 radical (unpaired) electrons. The number of guanidine groups is 1. The van der Waals surface area contributed by atoms with Gasteiger partial charge in [0.05, 0.1) is 19.3 Å². The average Bonchev–Trinajstić information content (AvgIpc) is 2.48. The number of nitrogens with two attached hydrogens (primary N) is 1. The van der Waals surface area contributed by atoms with Gasteiger partial charge in [-0.3, -0.25) is 4.99 Å². The lowest BCUT2D eigenvalue weighted by molar-refractivity contribution is 0.153. The second-order valence-corrected chi connectivity index (χ2v) is 6.08. The molecule has 1 aromatic carbocycles. The lowest BCUT2D eigenvalue weighted by atomic mass is 10.1. The Morgan fingerprint density at radius 3 is 2.95 bits per heavy atom. The summed E-state index contributed by atoms with van der Waals surface area (Å²) in [4.78, 5) is 4.36. The van der Waals surface area contributed by atoms with E-state index in [0.29, 0.717) is 29.2 Å². The molecule has 0 saturated carbocycles. The minimum Gasteiger partial charge on any atom is -0.377 e. The Kier molecular flexibility index (Phi) is 6.55. The van der Waals surface area contributed by atoms with Gasteiger partial charge in [-0.1, -0.05) is 40.9 Å². The third kappa shape index (κ3) is 5.20. The quantitative estimate of drug-likeness (QED) is 0.487. The van der Waals surface area contributed by atoms with Crippen LogP contribution in [0, 0.1) is 0 Å². The number of hydrogen-bond donors (Lipinski definition) is 2. The van der Waals surface area contributed by atoms with Crippen molar-refractivity contribution in [3.63, 3.8) is 0 Å². The molecule has 22 heavy (non-hydrogen) atoms. The van der Waals surface area contributed by atoms with Crippen molar-refractivity contribution in [2.24, 2.45) is 10.7 Å². The molecule has 6 heteroatoms. The van der Waals surface area contributed by atoms with Gasteiger partial charge in [0.2, 0.25) is 0 Å². The molecule has 4 nitrogen and oxygen atoms in total. The van der Waals surface area contributed by atoms with Gasteiger partial charge >= 0.3 is 0 Å². The predicted octanol–water partition coefficient (Wildman–Crippen LogP) is 3.70. The van der Waals surface area contributed by atoms with Crippen LogP contribution in [-0.4, -0.2) is 25.7 Å². The third-order valence-electron chi connectivity index (χ3n) is 3.57. The standard InChI is InChI=1S/C16H21Cl2N3O/c1-11(14-3-2-13(17)10-15(14)18)21-16(19)20-7-4-12-5-8-22-9-6-12/h2-3,5,10-11H,4,6-9H2,1H3,(H3,19,20,21). The smallest absolute Gasteiger partial charge is 0.189 e. The highest BCUT2D eigenvalue weighted by Crippen LogP contribution is 2.25. The van der Waals surface area contributed by atoms with Crippen LogP contribution in [-0.2, 0) is 4.74 Å². The number of nitrogens with zero attached hydrogens (tertiary/aromatic N) is 1. The number of hydrogen-bond acceptors (Lipinski definition) is 2. The van der Waals surface area contributed by atoms with Crippen LogP contribution in [0.25, 0.3) is 0 Å². The van der Waals surface area contributed by atoms with Gasteiger partial charge in [-0.15, -0.1) is 0 Å². The van der Waals surface area contributed by atoms with Gasteiger partial charge in [0.1, 0.15) is 0 Å². The van der Waals surface area contributed by atoms with Crippen molar-refractivity contribution >= 4 is 29.2 Å². The van der Waals surface area contributed by atoms with E-state index in [2.05, 4.69) is 16.4 Å². The number of nitrogens with one attached hydrogen (secondary N) is 1. The zero-order valence-electron chi connectivity index (χ0n) is 12.6. The van der Waals surface area contributed by atoms with Crippen molar-refractivity contribution in [3.8, 4) is 0 Å². The summed E-state index contributed by atoms with van der Waals surface area (Å²) in [7, 11) is 0. The normalized spacial score (nSPS) is 17.0. The maximum Gasteiger partial charge on any atom is 0.189 e. The van der Waals surface area contributed by atoms with E-state index in [9.17, 15) is 0 Å². The molecule has 2 rings (SSSR count). The molecule has 0 aliphatic carbocycles. The van der Waals surface area contributed by atoms with Crippen LogP contribution in [0.15, 0.2) is 34.8 Å². The Morgan fingerprint density at radius 2 is 2.27 bits per heavy atom. The molecule has 0 amide bonds. The molecule has 1 aromatic rings. The van der Waals surface area contributed by atoms with E-state index in [0.717, 1.165) is 25.0 Å². The van der Waals surface area contributed by atoms with Crippen molar-refractivity contribution in [1.82, 2.24) is 5.32 Å². The Balaban J connectivity index is 1.85. The highest BCUT2D eigenvalue weighted by Gasteiger charge is 2.10. The minimum atomic E-state index is -0.0317. The third-order valence-corrected chi connectivity index (χ3v) is 4.13. The number of rotatable bonds is 5. The van der Waals surface area contributed by atoms with E-state index >= 15 is 0 Å². The lowest BCUT2D eigenvalue weighted by Gasteiger charge is -2.17. The zero-order valence-corrected chi connectivity index (χ0v) is 14.1. The molecule has 1 aliphatic rings. The summed E-state index contributed by atoms with van der Waals surface area (Å²) < 4.78 is 5.28. The number of benzene rings is 1. The van der Waals surface area contributed by atoms with Gasteiger partial charge in [0, 0.05) is 16.6 Å². The van der Waals surface area contributed by atoms with Gasteiger partial charge in [0.25, 0.3) is 0 Å². The van der Waals surface area contributed by atoms with Crippen molar-refractivity contribution < 1.29 is 4.74 Å². The molecule has 0 spiro atoms. The fourth-order valence-corrected chi connectivity index (χ4v) is 2.88. The number of aliphatic imine (C=N–C) groups is 1. The maximum atomic E-state index is 6.19. The van der Waals surface area contributed by atoms with E-state index in [1.165, 1.54) is 5.57 Å². The summed E-state index contributed by atoms with van der Waals surface area (Å²) in [6, 6.07) is 5.39. The SMILES string of the molecule is CC(NC(N)=NCCC1=CCOCC1)c1ccc(Cl)cc1Cl. The van der Waals surface area contributed by atoms with E-state index < -0.39 is 0 Å². The van der Waals surface area contributed by atoms with Crippen LogP contribution in [0.2, 0.25) is 10.0 Å². The monoisotopic (exact) mass is 341 g/mol. The number of halogens is 2. The van der Waals surface area contributed by atoms with Crippen molar-refractivity contribution in [2.75, 3.05) is 19.8 Å². The molecule has 1 heterocycles. The molecule has 1 unspecified atom stereocenters. The fraction of sp³-hybridized carbons (Fsp3) is 0.438. The van der Waals surface area contributed by atoms with Crippen molar-refractivity contribution in [3.05, 3.63) is 45.5 Å². The van der Waals surface area contributed by atoms with Crippen molar-refractivity contribution in [2.45, 2.75) is 25.8 Å². The second kappa shape index (κ2) is 8.42. The van der Waals surface area contributed by atoms with Gasteiger partial charge in [-0.2, -0.15) is 0 Å². The second-order valence-electron chi connectivity index (χ2n) is 5.24. The summed E-state index contributed by atoms with van der Waals surface area (Å²) in [6.45, 7) is 4.17. The largest absolute Gasteiger partial charge is 0.377 e. The maximum absolute atomic E-state index is 6.19. The van der Waals surface area contributed by atoms with Crippen LogP contribution < -0.4 is 11.1 Å². The van der Waals surface area contributed by atoms with Crippen LogP contribution in [0.5, 0.6) is 0 Å². The first kappa shape index (κ1) is 17.1. The summed E-state index contributed by atoms with van der Waals surface area (Å²) in [5.74, 6) is 0.422. The average molecular weight is 342 g/mol. The molecule has 1 aliphatic heterocycles.